The Hall–Kier alpha value is -2.74. The number of aryl methyl sites for hydroxylation is 1. The highest BCUT2D eigenvalue weighted by atomic mass is 32.1. The maximum absolute atomic E-state index is 12.1. The molecule has 0 N–H and O–H groups in total. The van der Waals surface area contributed by atoms with Crippen LogP contribution < -0.4 is 4.87 Å². The topological polar surface area (TPSA) is 85.7 Å². The maximum Gasteiger partial charge on any atom is 0.327 e. The van der Waals surface area contributed by atoms with E-state index in [-0.39, 0.29) is 11.4 Å². The number of hydrogen-bond donors (Lipinski definition) is 0. The molecule has 0 bridgehead atoms. The molecule has 118 valence electrons. The Balaban J connectivity index is 1.66. The number of ether oxygens (including phenoxy) is 1. The Labute approximate surface area is 134 Å². The third kappa shape index (κ3) is 2.68. The highest BCUT2D eigenvalue weighted by molar-refractivity contribution is 7.07. The van der Waals surface area contributed by atoms with Crippen LogP contribution in [-0.4, -0.2) is 34.0 Å². The summed E-state index contributed by atoms with van der Waals surface area (Å²) in [5, 5.41) is 1.64. The molecule has 0 saturated carbocycles. The molecule has 8 heteroatoms. The van der Waals surface area contributed by atoms with Crippen LogP contribution in [0, 0.1) is 6.92 Å². The molecule has 2 heterocycles. The predicted octanol–water partition coefficient (Wildman–Crippen LogP) is 1.02. The quantitative estimate of drug-likeness (QED) is 0.616. The summed E-state index contributed by atoms with van der Waals surface area (Å²) in [7, 11) is 0. The van der Waals surface area contributed by atoms with Crippen molar-refractivity contribution < 1.29 is 19.1 Å². The van der Waals surface area contributed by atoms with Gasteiger partial charge in [-0.05, 0) is 19.1 Å². The first-order chi connectivity index (χ1) is 11.0. The number of amides is 2. The van der Waals surface area contributed by atoms with Gasteiger partial charge in [-0.25, -0.2) is 4.90 Å². The average molecular weight is 332 g/mol. The van der Waals surface area contributed by atoms with E-state index in [0.29, 0.717) is 16.8 Å². The number of carbonyl (C=O) groups is 3. The summed E-state index contributed by atoms with van der Waals surface area (Å²) in [6.07, 6.45) is 0. The highest BCUT2D eigenvalue weighted by Gasteiger charge is 2.35. The third-order valence-corrected chi connectivity index (χ3v) is 4.38. The largest absolute Gasteiger partial charge is 0.442 e. The molecule has 23 heavy (non-hydrogen) atoms. The molecule has 0 spiro atoms. The van der Waals surface area contributed by atoms with E-state index in [0.717, 1.165) is 16.2 Å². The van der Waals surface area contributed by atoms with Crippen molar-refractivity contribution >= 4 is 29.1 Å². The number of thiazole rings is 1. The second kappa shape index (κ2) is 5.81. The molecular weight excluding hydrogens is 320 g/mol. The van der Waals surface area contributed by atoms with Crippen LogP contribution in [0.4, 0.5) is 0 Å². The molecule has 1 aliphatic heterocycles. The SMILES string of the molecule is Cc1csc(=O)n1CC(=O)OCN1C(=O)c2ccccc2C1=O. The normalized spacial score (nSPS) is 13.3. The minimum Gasteiger partial charge on any atom is -0.442 e. The van der Waals surface area contributed by atoms with Gasteiger partial charge in [-0.3, -0.25) is 23.7 Å². The van der Waals surface area contributed by atoms with Crippen LogP contribution in [0.2, 0.25) is 0 Å². The van der Waals surface area contributed by atoms with Crippen LogP contribution in [-0.2, 0) is 16.1 Å². The van der Waals surface area contributed by atoms with Crippen molar-refractivity contribution in [1.29, 1.82) is 0 Å². The molecule has 0 aliphatic carbocycles. The smallest absolute Gasteiger partial charge is 0.327 e. The molecular formula is C15H12N2O5S. The van der Waals surface area contributed by atoms with Gasteiger partial charge in [0.2, 0.25) is 0 Å². The first-order valence-electron chi connectivity index (χ1n) is 6.75. The number of benzene rings is 1. The van der Waals surface area contributed by atoms with Gasteiger partial charge in [-0.15, -0.1) is 0 Å². The highest BCUT2D eigenvalue weighted by Crippen LogP contribution is 2.22. The standard InChI is InChI=1S/C15H12N2O5S/c1-9-7-23-15(21)16(9)6-12(18)22-8-17-13(19)10-4-2-3-5-11(10)14(17)20/h2-5,7H,6,8H2,1H3. The summed E-state index contributed by atoms with van der Waals surface area (Å²) >= 11 is 0.990. The molecule has 2 aromatic rings. The van der Waals surface area contributed by atoms with Crippen molar-refractivity contribution in [3.05, 3.63) is 56.1 Å². The second-order valence-electron chi connectivity index (χ2n) is 4.96. The van der Waals surface area contributed by atoms with Crippen LogP contribution in [0.3, 0.4) is 0 Å². The molecule has 0 radical (unpaired) electrons. The number of fused-ring (bicyclic) bond motifs is 1. The van der Waals surface area contributed by atoms with Gasteiger partial charge in [0.25, 0.3) is 11.8 Å². The Morgan fingerprint density at radius 3 is 2.26 bits per heavy atom. The van der Waals surface area contributed by atoms with Crippen molar-refractivity contribution in [2.45, 2.75) is 13.5 Å². The number of carbonyl (C=O) groups excluding carboxylic acids is 3. The second-order valence-corrected chi connectivity index (χ2v) is 5.78. The van der Waals surface area contributed by atoms with Gasteiger partial charge in [0.15, 0.2) is 6.73 Å². The minimum absolute atomic E-state index is 0.253. The monoisotopic (exact) mass is 332 g/mol. The Morgan fingerprint density at radius 1 is 1.13 bits per heavy atom. The van der Waals surface area contributed by atoms with E-state index in [1.54, 1.807) is 36.6 Å². The predicted molar refractivity (Wildman–Crippen MR) is 81.2 cm³/mol. The van der Waals surface area contributed by atoms with Crippen molar-refractivity contribution in [2.24, 2.45) is 0 Å². The van der Waals surface area contributed by atoms with Gasteiger partial charge in [0, 0.05) is 11.1 Å². The van der Waals surface area contributed by atoms with Gasteiger partial charge >= 0.3 is 10.8 Å². The van der Waals surface area contributed by atoms with Crippen LogP contribution in [0.1, 0.15) is 26.4 Å². The molecule has 0 saturated heterocycles. The van der Waals surface area contributed by atoms with Crippen molar-refractivity contribution in [2.75, 3.05) is 6.73 Å². The zero-order chi connectivity index (χ0) is 16.6. The third-order valence-electron chi connectivity index (χ3n) is 3.50. The molecule has 0 unspecified atom stereocenters. The lowest BCUT2D eigenvalue weighted by Crippen LogP contribution is -2.34. The molecule has 3 rings (SSSR count). The van der Waals surface area contributed by atoms with Crippen LogP contribution >= 0.6 is 11.3 Å². The number of esters is 1. The van der Waals surface area contributed by atoms with Crippen molar-refractivity contribution in [3.63, 3.8) is 0 Å². The fourth-order valence-corrected chi connectivity index (χ4v) is 3.00. The number of imide groups is 1. The van der Waals surface area contributed by atoms with E-state index in [1.165, 1.54) is 4.57 Å². The van der Waals surface area contributed by atoms with E-state index in [1.807, 2.05) is 0 Å². The average Bonchev–Trinajstić information content (AvgIpc) is 2.98. The molecule has 0 atom stereocenters. The zero-order valence-electron chi connectivity index (χ0n) is 12.1. The first kappa shape index (κ1) is 15.2. The summed E-state index contributed by atoms with van der Waals surface area (Å²) in [4.78, 5) is 48.2. The molecule has 7 nitrogen and oxygen atoms in total. The first-order valence-corrected chi connectivity index (χ1v) is 7.63. The summed E-state index contributed by atoms with van der Waals surface area (Å²) in [5.41, 5.74) is 1.23. The molecule has 0 fully saturated rings. The molecule has 1 aromatic carbocycles. The van der Waals surface area contributed by atoms with Gasteiger partial charge in [-0.2, -0.15) is 0 Å². The van der Waals surface area contributed by atoms with Gasteiger partial charge in [0.05, 0.1) is 11.1 Å². The molecule has 1 aromatic heterocycles. The van der Waals surface area contributed by atoms with E-state index in [2.05, 4.69) is 0 Å². The number of aromatic nitrogens is 1. The van der Waals surface area contributed by atoms with Crippen molar-refractivity contribution in [3.8, 4) is 0 Å². The van der Waals surface area contributed by atoms with Crippen LogP contribution in [0.5, 0.6) is 0 Å². The zero-order valence-corrected chi connectivity index (χ0v) is 13.0. The minimum atomic E-state index is -0.690. The summed E-state index contributed by atoms with van der Waals surface area (Å²) in [6, 6.07) is 6.41. The fraction of sp³-hybridized carbons (Fsp3) is 0.200. The Morgan fingerprint density at radius 2 is 1.74 bits per heavy atom. The lowest BCUT2D eigenvalue weighted by molar-refractivity contribution is -0.147. The van der Waals surface area contributed by atoms with Crippen molar-refractivity contribution in [1.82, 2.24) is 9.47 Å². The van der Waals surface area contributed by atoms with Crippen LogP contribution in [0.25, 0.3) is 0 Å². The van der Waals surface area contributed by atoms with E-state index < -0.39 is 24.5 Å². The number of hydrogen-bond acceptors (Lipinski definition) is 6. The number of rotatable bonds is 4. The number of nitrogens with zero attached hydrogens (tertiary/aromatic N) is 2. The van der Waals surface area contributed by atoms with E-state index >= 15 is 0 Å². The molecule has 1 aliphatic rings. The lowest BCUT2D eigenvalue weighted by atomic mass is 10.1. The molecule has 2 amide bonds. The van der Waals surface area contributed by atoms with Gasteiger partial charge in [0.1, 0.15) is 6.54 Å². The maximum atomic E-state index is 12.1. The van der Waals surface area contributed by atoms with Crippen LogP contribution in [0.15, 0.2) is 34.4 Å². The van der Waals surface area contributed by atoms with Gasteiger partial charge < -0.3 is 4.74 Å². The fourth-order valence-electron chi connectivity index (χ4n) is 2.26. The van der Waals surface area contributed by atoms with E-state index in [9.17, 15) is 19.2 Å². The lowest BCUT2D eigenvalue weighted by Gasteiger charge is -2.14. The Bertz CT molecular complexity index is 832. The summed E-state index contributed by atoms with van der Waals surface area (Å²) in [6.45, 7) is 0.982. The summed E-state index contributed by atoms with van der Waals surface area (Å²) in [5.74, 6) is -1.69. The summed E-state index contributed by atoms with van der Waals surface area (Å²) < 4.78 is 6.24. The van der Waals surface area contributed by atoms with E-state index in [4.69, 9.17) is 4.74 Å². The Kier molecular flexibility index (Phi) is 3.83. The van der Waals surface area contributed by atoms with Gasteiger partial charge in [-0.1, -0.05) is 23.5 Å².